The minimum atomic E-state index is -0.765. The highest BCUT2D eigenvalue weighted by Gasteiger charge is 2.19. The number of carbonyl (C=O) groups excluding carboxylic acids is 1. The Kier molecular flexibility index (Phi) is 8.57. The highest BCUT2D eigenvalue weighted by atomic mass is 16.6. The molecular formula is C21H26N2O7. The second-order valence-corrected chi connectivity index (χ2v) is 6.68. The first-order valence-corrected chi connectivity index (χ1v) is 9.58. The monoisotopic (exact) mass is 418 g/mol. The number of aliphatic hydroxyl groups excluding tert-OH is 1. The van der Waals surface area contributed by atoms with Crippen LogP contribution >= 0.6 is 0 Å². The fourth-order valence-corrected chi connectivity index (χ4v) is 2.84. The predicted octanol–water partition coefficient (Wildman–Crippen LogP) is 2.50. The first-order chi connectivity index (χ1) is 14.3. The van der Waals surface area contributed by atoms with Crippen molar-refractivity contribution in [2.45, 2.75) is 32.4 Å². The fourth-order valence-electron chi connectivity index (χ4n) is 2.84. The zero-order chi connectivity index (χ0) is 22.1. The Hall–Kier alpha value is -3.17. The van der Waals surface area contributed by atoms with E-state index in [-0.39, 0.29) is 29.8 Å². The number of nitro benzene ring substituents is 1. The molecule has 0 saturated carbocycles. The summed E-state index contributed by atoms with van der Waals surface area (Å²) in [5, 5.41) is 34.2. The van der Waals surface area contributed by atoms with Gasteiger partial charge in [-0.05, 0) is 56.1 Å². The van der Waals surface area contributed by atoms with Gasteiger partial charge in [-0.15, -0.1) is 0 Å². The lowest BCUT2D eigenvalue weighted by molar-refractivity contribution is -0.385. The Morgan fingerprint density at radius 1 is 1.23 bits per heavy atom. The SMILES string of the molecule is CCOC(=O)COc1ccc(CCN[C@@H](C)[C@@H](O)c2ccc(O)cc2)cc1[N+](=O)[O-]. The molecule has 2 rings (SSSR count). The number of hydrogen-bond acceptors (Lipinski definition) is 8. The summed E-state index contributed by atoms with van der Waals surface area (Å²) in [6.07, 6.45) is -0.273. The Balaban J connectivity index is 1.93. The highest BCUT2D eigenvalue weighted by Crippen LogP contribution is 2.28. The number of ether oxygens (including phenoxy) is 2. The number of nitro groups is 1. The van der Waals surface area contributed by atoms with Crippen molar-refractivity contribution in [1.82, 2.24) is 5.32 Å². The van der Waals surface area contributed by atoms with Crippen molar-refractivity contribution in [2.24, 2.45) is 0 Å². The van der Waals surface area contributed by atoms with E-state index in [1.807, 2.05) is 6.92 Å². The van der Waals surface area contributed by atoms with Crippen molar-refractivity contribution in [3.63, 3.8) is 0 Å². The van der Waals surface area contributed by atoms with Gasteiger partial charge in [-0.2, -0.15) is 0 Å². The number of aliphatic hydroxyl groups is 1. The Bertz CT molecular complexity index is 855. The van der Waals surface area contributed by atoms with Gasteiger partial charge in [0.15, 0.2) is 12.4 Å². The average Bonchev–Trinajstić information content (AvgIpc) is 2.72. The van der Waals surface area contributed by atoms with E-state index in [1.165, 1.54) is 24.3 Å². The Morgan fingerprint density at radius 2 is 1.93 bits per heavy atom. The zero-order valence-corrected chi connectivity index (χ0v) is 16.9. The maximum absolute atomic E-state index is 11.4. The molecule has 9 nitrogen and oxygen atoms in total. The molecule has 0 aliphatic rings. The summed E-state index contributed by atoms with van der Waals surface area (Å²) in [7, 11) is 0. The van der Waals surface area contributed by atoms with E-state index < -0.39 is 23.6 Å². The lowest BCUT2D eigenvalue weighted by Crippen LogP contribution is -2.33. The van der Waals surface area contributed by atoms with E-state index in [2.05, 4.69) is 5.32 Å². The van der Waals surface area contributed by atoms with Crippen LogP contribution in [0.15, 0.2) is 42.5 Å². The number of phenols is 1. The molecule has 0 radical (unpaired) electrons. The number of rotatable bonds is 11. The number of phenolic OH excluding ortho intramolecular Hbond substituents is 1. The fraction of sp³-hybridized carbons (Fsp3) is 0.381. The maximum Gasteiger partial charge on any atom is 0.344 e. The largest absolute Gasteiger partial charge is 0.508 e. The van der Waals surface area contributed by atoms with E-state index in [0.29, 0.717) is 24.1 Å². The molecule has 0 aliphatic heterocycles. The molecule has 0 heterocycles. The smallest absolute Gasteiger partial charge is 0.344 e. The number of hydrogen-bond donors (Lipinski definition) is 3. The van der Waals surface area contributed by atoms with Crippen molar-refractivity contribution in [3.05, 3.63) is 63.7 Å². The van der Waals surface area contributed by atoms with Crippen LogP contribution in [-0.4, -0.2) is 46.9 Å². The molecule has 30 heavy (non-hydrogen) atoms. The van der Waals surface area contributed by atoms with Crippen LogP contribution in [0.1, 0.15) is 31.1 Å². The second kappa shape index (κ2) is 11.1. The minimum Gasteiger partial charge on any atom is -0.508 e. The van der Waals surface area contributed by atoms with Crippen molar-refractivity contribution in [3.8, 4) is 11.5 Å². The van der Waals surface area contributed by atoms with Crippen LogP contribution in [-0.2, 0) is 16.0 Å². The highest BCUT2D eigenvalue weighted by molar-refractivity contribution is 5.71. The normalized spacial score (nSPS) is 12.8. The predicted molar refractivity (Wildman–Crippen MR) is 109 cm³/mol. The van der Waals surface area contributed by atoms with Gasteiger partial charge in [0, 0.05) is 12.1 Å². The molecule has 0 bridgehead atoms. The molecule has 2 aromatic rings. The molecule has 0 unspecified atom stereocenters. The van der Waals surface area contributed by atoms with Crippen LogP contribution in [0.5, 0.6) is 11.5 Å². The van der Waals surface area contributed by atoms with Crippen LogP contribution in [0.3, 0.4) is 0 Å². The van der Waals surface area contributed by atoms with Crippen LogP contribution in [0.4, 0.5) is 5.69 Å². The van der Waals surface area contributed by atoms with Gasteiger partial charge < -0.3 is 25.0 Å². The Morgan fingerprint density at radius 3 is 2.57 bits per heavy atom. The van der Waals surface area contributed by atoms with Gasteiger partial charge in [0.2, 0.25) is 0 Å². The summed E-state index contributed by atoms with van der Waals surface area (Å²) in [6.45, 7) is 3.77. The third-order valence-corrected chi connectivity index (χ3v) is 4.46. The van der Waals surface area contributed by atoms with E-state index in [0.717, 1.165) is 0 Å². The number of aromatic hydroxyl groups is 1. The van der Waals surface area contributed by atoms with Crippen LogP contribution < -0.4 is 10.1 Å². The van der Waals surface area contributed by atoms with E-state index in [9.17, 15) is 25.1 Å². The number of carbonyl (C=O) groups is 1. The van der Waals surface area contributed by atoms with Gasteiger partial charge in [0.25, 0.3) is 0 Å². The third kappa shape index (κ3) is 6.71. The molecule has 9 heteroatoms. The van der Waals surface area contributed by atoms with Crippen molar-refractivity contribution in [2.75, 3.05) is 19.8 Å². The molecule has 0 amide bonds. The third-order valence-electron chi connectivity index (χ3n) is 4.46. The topological polar surface area (TPSA) is 131 Å². The van der Waals surface area contributed by atoms with Gasteiger partial charge in [0.1, 0.15) is 5.75 Å². The van der Waals surface area contributed by atoms with Crippen LogP contribution in [0.2, 0.25) is 0 Å². The summed E-state index contributed by atoms with van der Waals surface area (Å²) in [4.78, 5) is 22.2. The van der Waals surface area contributed by atoms with Crippen molar-refractivity contribution >= 4 is 11.7 Å². The van der Waals surface area contributed by atoms with E-state index in [4.69, 9.17) is 9.47 Å². The number of benzene rings is 2. The first-order valence-electron chi connectivity index (χ1n) is 9.58. The standard InChI is InChI=1S/C21H26N2O7/c1-3-29-20(25)13-30-19-9-4-15(12-18(19)23(27)28)10-11-22-14(2)21(26)16-5-7-17(24)8-6-16/h4-9,12,14,21-22,24,26H,3,10-11,13H2,1-2H3/t14-,21+/m0/s1. The first kappa shape index (κ1) is 23.1. The summed E-state index contributed by atoms with van der Waals surface area (Å²) in [5.74, 6) is -0.468. The number of nitrogens with zero attached hydrogens (tertiary/aromatic N) is 1. The lowest BCUT2D eigenvalue weighted by Gasteiger charge is -2.20. The molecule has 2 aromatic carbocycles. The quantitative estimate of drug-likeness (QED) is 0.288. The summed E-state index contributed by atoms with van der Waals surface area (Å²) >= 11 is 0. The second-order valence-electron chi connectivity index (χ2n) is 6.68. The van der Waals surface area contributed by atoms with E-state index in [1.54, 1.807) is 25.1 Å². The van der Waals surface area contributed by atoms with E-state index >= 15 is 0 Å². The maximum atomic E-state index is 11.4. The molecule has 0 aliphatic carbocycles. The summed E-state index contributed by atoms with van der Waals surface area (Å²) in [5.41, 5.74) is 1.16. The zero-order valence-electron chi connectivity index (χ0n) is 16.9. The molecule has 162 valence electrons. The molecule has 0 fully saturated rings. The molecule has 0 saturated heterocycles. The Labute approximate surface area is 174 Å². The van der Waals surface area contributed by atoms with Gasteiger partial charge in [-0.3, -0.25) is 10.1 Å². The number of nitrogens with one attached hydrogen (secondary N) is 1. The summed E-state index contributed by atoms with van der Waals surface area (Å²) in [6, 6.07) is 10.6. The molecule has 3 N–H and O–H groups in total. The van der Waals surface area contributed by atoms with Gasteiger partial charge in [-0.25, -0.2) is 4.79 Å². The summed E-state index contributed by atoms with van der Waals surface area (Å²) < 4.78 is 9.96. The molecule has 0 aromatic heterocycles. The van der Waals surface area contributed by atoms with Gasteiger partial charge >= 0.3 is 11.7 Å². The molecule has 2 atom stereocenters. The van der Waals surface area contributed by atoms with Crippen molar-refractivity contribution < 1.29 is 29.4 Å². The molecule has 0 spiro atoms. The lowest BCUT2D eigenvalue weighted by atomic mass is 10.0. The van der Waals surface area contributed by atoms with Crippen molar-refractivity contribution in [1.29, 1.82) is 0 Å². The van der Waals surface area contributed by atoms with Crippen LogP contribution in [0.25, 0.3) is 0 Å². The average molecular weight is 418 g/mol. The number of esters is 1. The minimum absolute atomic E-state index is 0.000817. The molecular weight excluding hydrogens is 392 g/mol. The van der Waals surface area contributed by atoms with Gasteiger partial charge in [0.05, 0.1) is 17.6 Å². The van der Waals surface area contributed by atoms with Crippen LogP contribution in [0, 0.1) is 10.1 Å². The van der Waals surface area contributed by atoms with Gasteiger partial charge in [-0.1, -0.05) is 18.2 Å².